The van der Waals surface area contributed by atoms with Gasteiger partial charge in [0.2, 0.25) is 0 Å². The lowest BCUT2D eigenvalue weighted by molar-refractivity contribution is 0.0946. The smallest absolute Gasteiger partial charge is 0.263 e. The van der Waals surface area contributed by atoms with Gasteiger partial charge in [0.15, 0.2) is 0 Å². The minimum atomic E-state index is -0.264. The molecule has 1 amide bonds. The van der Waals surface area contributed by atoms with Gasteiger partial charge in [-0.1, -0.05) is 30.3 Å². The zero-order chi connectivity index (χ0) is 20.6. The fourth-order valence-electron chi connectivity index (χ4n) is 3.68. The third-order valence-electron chi connectivity index (χ3n) is 5.62. The van der Waals surface area contributed by atoms with E-state index in [0.29, 0.717) is 13.1 Å². The highest BCUT2D eigenvalue weighted by molar-refractivity contribution is 5.95. The van der Waals surface area contributed by atoms with Crippen LogP contribution in [0.25, 0.3) is 0 Å². The highest BCUT2D eigenvalue weighted by atomic mass is 16.2. The Morgan fingerprint density at radius 1 is 1.03 bits per heavy atom. The number of pyridine rings is 1. The Kier molecular flexibility index (Phi) is 7.61. The van der Waals surface area contributed by atoms with Crippen LogP contribution in [0.1, 0.15) is 27.9 Å². The molecule has 0 bridgehead atoms. The summed E-state index contributed by atoms with van der Waals surface area (Å²) in [7, 11) is 2.15. The van der Waals surface area contributed by atoms with E-state index in [1.807, 2.05) is 43.3 Å². The number of carbonyl (C=O) groups is 1. The molecule has 1 saturated heterocycles. The van der Waals surface area contributed by atoms with E-state index in [4.69, 9.17) is 0 Å². The van der Waals surface area contributed by atoms with Crippen LogP contribution in [0.3, 0.4) is 0 Å². The first-order valence-corrected chi connectivity index (χ1v) is 10.5. The van der Waals surface area contributed by atoms with E-state index in [1.165, 1.54) is 5.56 Å². The van der Waals surface area contributed by atoms with Crippen molar-refractivity contribution in [1.82, 2.24) is 19.7 Å². The van der Waals surface area contributed by atoms with E-state index in [1.54, 1.807) is 10.8 Å². The molecule has 1 aromatic heterocycles. The molecule has 0 atom stereocenters. The van der Waals surface area contributed by atoms with Crippen LogP contribution in [-0.2, 0) is 13.0 Å². The van der Waals surface area contributed by atoms with E-state index in [-0.39, 0.29) is 17.0 Å². The minimum absolute atomic E-state index is 0.211. The number of carbonyl (C=O) groups excluding carboxylic acids is 1. The Balaban J connectivity index is 1.53. The van der Waals surface area contributed by atoms with Gasteiger partial charge in [-0.2, -0.15) is 0 Å². The number of hydrogen-bond acceptors (Lipinski definition) is 4. The number of benzene rings is 1. The lowest BCUT2D eigenvalue weighted by atomic mass is 10.1. The molecule has 1 N–H and O–H groups in total. The maximum atomic E-state index is 12.9. The van der Waals surface area contributed by atoms with Gasteiger partial charge < -0.3 is 19.7 Å². The SMILES string of the molecule is Cc1ccn(CCc2ccccc2)c(=O)c1C(=O)NCCCN1CCN(C)CC1. The van der Waals surface area contributed by atoms with Gasteiger partial charge in [0.25, 0.3) is 11.5 Å². The van der Waals surface area contributed by atoms with E-state index >= 15 is 0 Å². The summed E-state index contributed by atoms with van der Waals surface area (Å²) in [6, 6.07) is 11.9. The van der Waals surface area contributed by atoms with Gasteiger partial charge >= 0.3 is 0 Å². The Morgan fingerprint density at radius 3 is 2.48 bits per heavy atom. The van der Waals surface area contributed by atoms with Crippen molar-refractivity contribution in [2.75, 3.05) is 46.3 Å². The quantitative estimate of drug-likeness (QED) is 0.691. The van der Waals surface area contributed by atoms with E-state index in [2.05, 4.69) is 22.2 Å². The van der Waals surface area contributed by atoms with Crippen molar-refractivity contribution < 1.29 is 4.79 Å². The van der Waals surface area contributed by atoms with Crippen LogP contribution in [0.5, 0.6) is 0 Å². The molecule has 1 aliphatic heterocycles. The van der Waals surface area contributed by atoms with Crippen LogP contribution in [0.15, 0.2) is 47.4 Å². The van der Waals surface area contributed by atoms with E-state index in [9.17, 15) is 9.59 Å². The largest absolute Gasteiger partial charge is 0.352 e. The monoisotopic (exact) mass is 396 g/mol. The maximum absolute atomic E-state index is 12.9. The zero-order valence-electron chi connectivity index (χ0n) is 17.6. The second-order valence-electron chi connectivity index (χ2n) is 7.86. The topological polar surface area (TPSA) is 57.6 Å². The molecule has 2 heterocycles. The zero-order valence-corrected chi connectivity index (χ0v) is 17.6. The van der Waals surface area contributed by atoms with Gasteiger partial charge in [-0.15, -0.1) is 0 Å². The molecule has 1 fully saturated rings. The molecular formula is C23H32N4O2. The van der Waals surface area contributed by atoms with Gasteiger partial charge in [0.05, 0.1) is 0 Å². The average Bonchev–Trinajstić information content (AvgIpc) is 2.73. The Bertz CT molecular complexity index is 855. The van der Waals surface area contributed by atoms with Crippen LogP contribution >= 0.6 is 0 Å². The summed E-state index contributed by atoms with van der Waals surface area (Å²) in [5.74, 6) is -0.264. The molecule has 6 heteroatoms. The van der Waals surface area contributed by atoms with Gasteiger partial charge in [-0.25, -0.2) is 0 Å². The van der Waals surface area contributed by atoms with Crippen molar-refractivity contribution in [3.8, 4) is 0 Å². The fraction of sp³-hybridized carbons (Fsp3) is 0.478. The summed E-state index contributed by atoms with van der Waals surface area (Å²) in [5, 5.41) is 2.94. The lowest BCUT2D eigenvalue weighted by Crippen LogP contribution is -2.45. The Morgan fingerprint density at radius 2 is 1.76 bits per heavy atom. The number of rotatable bonds is 8. The summed E-state index contributed by atoms with van der Waals surface area (Å²) < 4.78 is 1.64. The maximum Gasteiger partial charge on any atom is 0.263 e. The van der Waals surface area contributed by atoms with Gasteiger partial charge in [0.1, 0.15) is 5.56 Å². The number of nitrogens with zero attached hydrogens (tertiary/aromatic N) is 3. The molecule has 1 aromatic carbocycles. The minimum Gasteiger partial charge on any atom is -0.352 e. The number of hydrogen-bond donors (Lipinski definition) is 1. The molecule has 6 nitrogen and oxygen atoms in total. The number of piperazine rings is 1. The highest BCUT2D eigenvalue weighted by Crippen LogP contribution is 2.05. The second-order valence-corrected chi connectivity index (χ2v) is 7.86. The van der Waals surface area contributed by atoms with Crippen molar-refractivity contribution in [2.24, 2.45) is 0 Å². The summed E-state index contributed by atoms with van der Waals surface area (Å²) in [6.45, 7) is 8.29. The normalized spacial score (nSPS) is 15.4. The van der Waals surface area contributed by atoms with Crippen LogP contribution in [0.4, 0.5) is 0 Å². The Hall–Kier alpha value is -2.44. The number of aryl methyl sites for hydroxylation is 3. The van der Waals surface area contributed by atoms with Gasteiger partial charge in [-0.05, 0) is 50.6 Å². The van der Waals surface area contributed by atoms with Crippen molar-refractivity contribution in [1.29, 1.82) is 0 Å². The summed E-state index contributed by atoms with van der Waals surface area (Å²) in [4.78, 5) is 30.3. The molecule has 3 rings (SSSR count). The van der Waals surface area contributed by atoms with Crippen LogP contribution in [0.2, 0.25) is 0 Å². The molecule has 0 radical (unpaired) electrons. The van der Waals surface area contributed by atoms with Crippen LogP contribution in [0, 0.1) is 6.92 Å². The number of aromatic nitrogens is 1. The summed E-state index contributed by atoms with van der Waals surface area (Å²) in [6.07, 6.45) is 3.43. The van der Waals surface area contributed by atoms with E-state index < -0.39 is 0 Å². The van der Waals surface area contributed by atoms with Crippen LogP contribution < -0.4 is 10.9 Å². The molecule has 2 aromatic rings. The summed E-state index contributed by atoms with van der Waals surface area (Å²) in [5.41, 5.74) is 1.95. The average molecular weight is 397 g/mol. The number of nitrogens with one attached hydrogen (secondary N) is 1. The first-order valence-electron chi connectivity index (χ1n) is 10.5. The number of amides is 1. The molecule has 29 heavy (non-hydrogen) atoms. The third-order valence-corrected chi connectivity index (χ3v) is 5.62. The first kappa shape index (κ1) is 21.3. The number of likely N-dealkylation sites (N-methyl/N-ethyl adjacent to an activating group) is 1. The molecule has 156 valence electrons. The van der Waals surface area contributed by atoms with Crippen molar-refractivity contribution in [2.45, 2.75) is 26.3 Å². The summed E-state index contributed by atoms with van der Waals surface area (Å²) >= 11 is 0. The molecule has 1 aliphatic rings. The molecule has 0 saturated carbocycles. The molecule has 0 unspecified atom stereocenters. The fourth-order valence-corrected chi connectivity index (χ4v) is 3.68. The molecular weight excluding hydrogens is 364 g/mol. The van der Waals surface area contributed by atoms with Crippen molar-refractivity contribution >= 4 is 5.91 Å². The predicted octanol–water partition coefficient (Wildman–Crippen LogP) is 1.77. The van der Waals surface area contributed by atoms with E-state index in [0.717, 1.165) is 51.1 Å². The highest BCUT2D eigenvalue weighted by Gasteiger charge is 2.16. The lowest BCUT2D eigenvalue weighted by Gasteiger charge is -2.32. The van der Waals surface area contributed by atoms with Crippen molar-refractivity contribution in [3.63, 3.8) is 0 Å². The third kappa shape index (κ3) is 6.02. The second kappa shape index (κ2) is 10.4. The standard InChI is InChI=1S/C23H32N4O2/c1-19-9-13-27(14-10-20-7-4-3-5-8-20)23(29)21(19)22(28)24-11-6-12-26-17-15-25(2)16-18-26/h3-5,7-9,13H,6,10-12,14-18H2,1-2H3,(H,24,28). The van der Waals surface area contributed by atoms with Gasteiger partial charge in [-0.3, -0.25) is 9.59 Å². The van der Waals surface area contributed by atoms with Crippen LogP contribution in [-0.4, -0.2) is 66.6 Å². The Labute approximate surface area is 173 Å². The van der Waals surface area contributed by atoms with Crippen molar-refractivity contribution in [3.05, 3.63) is 69.6 Å². The van der Waals surface area contributed by atoms with Gasteiger partial charge in [0, 0.05) is 45.5 Å². The first-order chi connectivity index (χ1) is 14.0. The predicted molar refractivity (Wildman–Crippen MR) is 116 cm³/mol. The molecule has 0 spiro atoms. The molecule has 0 aliphatic carbocycles.